The van der Waals surface area contributed by atoms with E-state index in [0.29, 0.717) is 25.2 Å². The molecule has 1 aliphatic heterocycles. The molecule has 8 heteroatoms. The largest absolute Gasteiger partial charge is 0.341 e. The van der Waals surface area contributed by atoms with Gasteiger partial charge in [0.2, 0.25) is 11.7 Å². The van der Waals surface area contributed by atoms with Crippen LogP contribution in [0.25, 0.3) is 11.4 Å². The Morgan fingerprint density at radius 1 is 1.15 bits per heavy atom. The molecule has 0 atom stereocenters. The number of carbonyl (C=O) groups is 1. The number of carbonyl (C=O) groups excluding carboxylic acids is 1. The zero-order valence-corrected chi connectivity index (χ0v) is 15.1. The third-order valence-corrected chi connectivity index (χ3v) is 4.69. The van der Waals surface area contributed by atoms with Crippen LogP contribution in [0.2, 0.25) is 0 Å². The van der Waals surface area contributed by atoms with Gasteiger partial charge in [0.1, 0.15) is 5.82 Å². The molecule has 1 aromatic heterocycles. The van der Waals surface area contributed by atoms with Crippen molar-refractivity contribution in [3.8, 4) is 11.4 Å². The van der Waals surface area contributed by atoms with E-state index in [0.717, 1.165) is 44.7 Å². The van der Waals surface area contributed by atoms with Gasteiger partial charge in [0.25, 0.3) is 0 Å². The fourth-order valence-corrected chi connectivity index (χ4v) is 3.12. The number of tetrazole rings is 1. The lowest BCUT2D eigenvalue weighted by molar-refractivity contribution is -0.131. The van der Waals surface area contributed by atoms with E-state index in [4.69, 9.17) is 0 Å². The van der Waals surface area contributed by atoms with Crippen LogP contribution < -0.4 is 0 Å². The van der Waals surface area contributed by atoms with Crippen molar-refractivity contribution in [3.05, 3.63) is 30.1 Å². The van der Waals surface area contributed by atoms with Crippen molar-refractivity contribution in [2.24, 2.45) is 0 Å². The quantitative estimate of drug-likeness (QED) is 0.786. The van der Waals surface area contributed by atoms with Crippen LogP contribution in [-0.2, 0) is 11.3 Å². The molecule has 0 N–H and O–H groups in total. The number of amides is 1. The first kappa shape index (κ1) is 18.4. The maximum Gasteiger partial charge on any atom is 0.222 e. The van der Waals surface area contributed by atoms with Gasteiger partial charge in [0, 0.05) is 31.6 Å². The molecule has 1 aromatic carbocycles. The van der Waals surface area contributed by atoms with Crippen molar-refractivity contribution < 1.29 is 9.18 Å². The minimum absolute atomic E-state index is 0.196. The SMILES string of the molecule is CCN1CCCN(C(=O)CCCn2nnc(-c3ccc(F)cc3)n2)CC1. The van der Waals surface area contributed by atoms with Crippen LogP contribution >= 0.6 is 0 Å². The number of likely N-dealkylation sites (N-methyl/N-ethyl adjacent to an activating group) is 1. The van der Waals surface area contributed by atoms with Gasteiger partial charge < -0.3 is 9.80 Å². The third-order valence-electron chi connectivity index (χ3n) is 4.69. The first-order valence-electron chi connectivity index (χ1n) is 9.19. The highest BCUT2D eigenvalue weighted by Gasteiger charge is 2.18. The standard InChI is InChI=1S/C18H25FN6O/c1-2-23-10-4-11-24(14-13-23)17(26)5-3-12-25-21-18(20-22-25)15-6-8-16(19)9-7-15/h6-9H,2-5,10-14H2,1H3. The predicted octanol–water partition coefficient (Wildman–Crippen LogP) is 1.81. The van der Waals surface area contributed by atoms with E-state index in [1.54, 1.807) is 12.1 Å². The summed E-state index contributed by atoms with van der Waals surface area (Å²) in [7, 11) is 0. The summed E-state index contributed by atoms with van der Waals surface area (Å²) in [6, 6.07) is 5.99. The molecule has 1 saturated heterocycles. The van der Waals surface area contributed by atoms with Crippen molar-refractivity contribution in [1.29, 1.82) is 0 Å². The summed E-state index contributed by atoms with van der Waals surface area (Å²) in [4.78, 5) is 18.2. The van der Waals surface area contributed by atoms with E-state index in [1.165, 1.54) is 16.9 Å². The van der Waals surface area contributed by atoms with Gasteiger partial charge in [-0.1, -0.05) is 6.92 Å². The molecule has 140 valence electrons. The van der Waals surface area contributed by atoms with Gasteiger partial charge in [0.15, 0.2) is 0 Å². The lowest BCUT2D eigenvalue weighted by atomic mass is 10.2. The molecule has 1 amide bonds. The maximum absolute atomic E-state index is 13.0. The lowest BCUT2D eigenvalue weighted by Crippen LogP contribution is -2.35. The number of aromatic nitrogens is 4. The average molecular weight is 360 g/mol. The predicted molar refractivity (Wildman–Crippen MR) is 95.8 cm³/mol. The van der Waals surface area contributed by atoms with Gasteiger partial charge in [0.05, 0.1) is 6.54 Å². The number of halogens is 1. The molecule has 7 nitrogen and oxygen atoms in total. The summed E-state index contributed by atoms with van der Waals surface area (Å²) in [5, 5.41) is 12.3. The number of nitrogens with zero attached hydrogens (tertiary/aromatic N) is 6. The lowest BCUT2D eigenvalue weighted by Gasteiger charge is -2.21. The summed E-state index contributed by atoms with van der Waals surface area (Å²) in [6.45, 7) is 7.39. The second-order valence-corrected chi connectivity index (χ2v) is 6.49. The first-order valence-corrected chi connectivity index (χ1v) is 9.19. The van der Waals surface area contributed by atoms with Crippen molar-refractivity contribution in [2.45, 2.75) is 32.7 Å². The topological polar surface area (TPSA) is 67.2 Å². The highest BCUT2D eigenvalue weighted by Crippen LogP contribution is 2.14. The molecule has 0 radical (unpaired) electrons. The molecule has 0 bridgehead atoms. The molecule has 2 heterocycles. The number of benzene rings is 1. The molecular weight excluding hydrogens is 335 g/mol. The fraction of sp³-hybridized carbons (Fsp3) is 0.556. The third kappa shape index (κ3) is 4.85. The summed E-state index contributed by atoms with van der Waals surface area (Å²) in [5.74, 6) is 0.362. The van der Waals surface area contributed by atoms with E-state index >= 15 is 0 Å². The van der Waals surface area contributed by atoms with Crippen LogP contribution in [0, 0.1) is 5.82 Å². The van der Waals surface area contributed by atoms with Gasteiger partial charge in [-0.2, -0.15) is 4.80 Å². The first-order chi connectivity index (χ1) is 12.7. The monoisotopic (exact) mass is 360 g/mol. The van der Waals surface area contributed by atoms with Crippen LogP contribution in [0.15, 0.2) is 24.3 Å². The summed E-state index contributed by atoms with van der Waals surface area (Å²) in [6.07, 6.45) is 2.19. The Labute approximate surface area is 152 Å². The molecule has 0 spiro atoms. The van der Waals surface area contributed by atoms with Crippen molar-refractivity contribution in [1.82, 2.24) is 30.0 Å². The van der Waals surface area contributed by atoms with Gasteiger partial charge in [-0.3, -0.25) is 4.79 Å². The normalized spacial score (nSPS) is 15.8. The number of aryl methyl sites for hydroxylation is 1. The molecule has 1 fully saturated rings. The Balaban J connectivity index is 1.46. The van der Waals surface area contributed by atoms with Crippen LogP contribution in [-0.4, -0.2) is 68.6 Å². The second kappa shape index (κ2) is 8.84. The zero-order valence-electron chi connectivity index (χ0n) is 15.1. The van der Waals surface area contributed by atoms with E-state index in [2.05, 4.69) is 27.2 Å². The molecule has 0 saturated carbocycles. The molecule has 0 unspecified atom stereocenters. The zero-order chi connectivity index (χ0) is 18.4. The van der Waals surface area contributed by atoms with Gasteiger partial charge >= 0.3 is 0 Å². The highest BCUT2D eigenvalue weighted by molar-refractivity contribution is 5.76. The van der Waals surface area contributed by atoms with Gasteiger partial charge in [-0.05, 0) is 55.4 Å². The van der Waals surface area contributed by atoms with Crippen molar-refractivity contribution in [3.63, 3.8) is 0 Å². The second-order valence-electron chi connectivity index (χ2n) is 6.49. The van der Waals surface area contributed by atoms with Crippen LogP contribution in [0.1, 0.15) is 26.2 Å². The Hall–Kier alpha value is -2.35. The number of hydrogen-bond acceptors (Lipinski definition) is 5. The molecule has 1 aliphatic rings. The average Bonchev–Trinajstić information content (AvgIpc) is 2.98. The molecule has 0 aliphatic carbocycles. The van der Waals surface area contributed by atoms with Crippen molar-refractivity contribution in [2.75, 3.05) is 32.7 Å². The maximum atomic E-state index is 13.0. The minimum atomic E-state index is -0.296. The number of hydrogen-bond donors (Lipinski definition) is 0. The Bertz CT molecular complexity index is 717. The molecule has 26 heavy (non-hydrogen) atoms. The van der Waals surface area contributed by atoms with Crippen molar-refractivity contribution >= 4 is 5.91 Å². The van der Waals surface area contributed by atoms with E-state index in [1.807, 2.05) is 4.90 Å². The van der Waals surface area contributed by atoms with E-state index in [-0.39, 0.29) is 11.7 Å². The Morgan fingerprint density at radius 2 is 1.96 bits per heavy atom. The van der Waals surface area contributed by atoms with E-state index in [9.17, 15) is 9.18 Å². The smallest absolute Gasteiger partial charge is 0.222 e. The van der Waals surface area contributed by atoms with Gasteiger partial charge in [-0.15, -0.1) is 10.2 Å². The van der Waals surface area contributed by atoms with Crippen LogP contribution in [0.5, 0.6) is 0 Å². The van der Waals surface area contributed by atoms with Crippen LogP contribution in [0.4, 0.5) is 4.39 Å². The van der Waals surface area contributed by atoms with Crippen LogP contribution in [0.3, 0.4) is 0 Å². The fourth-order valence-electron chi connectivity index (χ4n) is 3.12. The van der Waals surface area contributed by atoms with E-state index < -0.39 is 0 Å². The summed E-state index contributed by atoms with van der Waals surface area (Å²) >= 11 is 0. The molecule has 3 rings (SSSR count). The van der Waals surface area contributed by atoms with Gasteiger partial charge in [-0.25, -0.2) is 4.39 Å². The Kier molecular flexibility index (Phi) is 6.27. The Morgan fingerprint density at radius 3 is 2.73 bits per heavy atom. The molecule has 2 aromatic rings. The number of rotatable bonds is 6. The minimum Gasteiger partial charge on any atom is -0.341 e. The molecular formula is C18H25FN6O. The highest BCUT2D eigenvalue weighted by atomic mass is 19.1. The summed E-state index contributed by atoms with van der Waals surface area (Å²) < 4.78 is 13.0. The summed E-state index contributed by atoms with van der Waals surface area (Å²) in [5.41, 5.74) is 0.721.